The number of carboxylic acids is 1. The van der Waals surface area contributed by atoms with E-state index < -0.39 is 11.7 Å². The first-order chi connectivity index (χ1) is 15.0. The van der Waals surface area contributed by atoms with Crippen molar-refractivity contribution >= 4 is 23.7 Å². The Labute approximate surface area is 183 Å². The number of nitrogens with one attached hydrogen (secondary N) is 1. The smallest absolute Gasteiger partial charge is 0.335 e. The largest absolute Gasteiger partial charge is 0.872 e. The van der Waals surface area contributed by atoms with Crippen LogP contribution in [0.15, 0.2) is 78.9 Å². The number of para-hydroxylation sites is 1. The van der Waals surface area contributed by atoms with Gasteiger partial charge in [0.1, 0.15) is 0 Å². The summed E-state index contributed by atoms with van der Waals surface area (Å²) in [5.41, 5.74) is 6.48. The van der Waals surface area contributed by atoms with Crippen LogP contribution in [0.1, 0.15) is 39.0 Å². The lowest BCUT2D eigenvalue weighted by molar-refractivity contribution is -0.857. The van der Waals surface area contributed by atoms with Gasteiger partial charge in [0.15, 0.2) is 0 Å². The summed E-state index contributed by atoms with van der Waals surface area (Å²) in [5.74, 6) is -1.62. The number of hydrogen-bond donors (Lipinski definition) is 2. The van der Waals surface area contributed by atoms with Gasteiger partial charge in [0.2, 0.25) is 0 Å². The number of fused-ring (bicyclic) bond motifs is 2. The number of carbonyl (C=O) groups is 1. The zero-order valence-corrected chi connectivity index (χ0v) is 17.8. The molecule has 3 aromatic rings. The first-order valence-corrected chi connectivity index (χ1v) is 10.3. The van der Waals surface area contributed by atoms with Crippen LogP contribution in [0.5, 0.6) is 5.75 Å². The molecule has 0 spiro atoms. The number of quaternary nitrogens is 1. The Hall–Kier alpha value is -3.63. The number of carboxylic acid groups (broad SMARTS) is 1. The Balaban J connectivity index is 0.000000229. The summed E-state index contributed by atoms with van der Waals surface area (Å²) in [6.07, 6.45) is 7.95. The SMILES string of the molecule is C[NH+](C)CCC=C1c2ccccc2C=Cc2ccccc21.O=C(O)c1ccccc1[O-]. The van der Waals surface area contributed by atoms with Gasteiger partial charge in [-0.25, -0.2) is 4.79 Å². The van der Waals surface area contributed by atoms with Crippen LogP contribution in [0.2, 0.25) is 0 Å². The van der Waals surface area contributed by atoms with Crippen molar-refractivity contribution in [2.24, 2.45) is 0 Å². The lowest BCUT2D eigenvalue weighted by Gasteiger charge is -2.12. The predicted octanol–water partition coefficient (Wildman–Crippen LogP) is 3.60. The number of hydrogen-bond acceptors (Lipinski definition) is 2. The van der Waals surface area contributed by atoms with Gasteiger partial charge in [0.25, 0.3) is 0 Å². The van der Waals surface area contributed by atoms with Crippen LogP contribution in [0.25, 0.3) is 17.7 Å². The van der Waals surface area contributed by atoms with Crippen molar-refractivity contribution < 1.29 is 19.9 Å². The van der Waals surface area contributed by atoms with Crippen molar-refractivity contribution in [2.45, 2.75) is 6.42 Å². The van der Waals surface area contributed by atoms with Crippen molar-refractivity contribution in [3.05, 3.63) is 107 Å². The summed E-state index contributed by atoms with van der Waals surface area (Å²) in [7, 11) is 4.41. The first kappa shape index (κ1) is 22.1. The number of benzene rings is 3. The molecule has 1 aliphatic carbocycles. The monoisotopic (exact) mass is 413 g/mol. The van der Waals surface area contributed by atoms with Crippen molar-refractivity contribution in [3.63, 3.8) is 0 Å². The molecule has 0 unspecified atom stereocenters. The molecular weight excluding hydrogens is 386 g/mol. The highest BCUT2D eigenvalue weighted by Gasteiger charge is 2.14. The third-order valence-corrected chi connectivity index (χ3v) is 5.05. The van der Waals surface area contributed by atoms with Gasteiger partial charge in [0.05, 0.1) is 26.2 Å². The van der Waals surface area contributed by atoms with Gasteiger partial charge in [0, 0.05) is 6.42 Å². The van der Waals surface area contributed by atoms with Crippen LogP contribution in [0.4, 0.5) is 0 Å². The molecule has 1 aliphatic rings. The molecule has 0 saturated heterocycles. The highest BCUT2D eigenvalue weighted by atomic mass is 16.4. The number of aromatic carboxylic acids is 1. The fourth-order valence-corrected chi connectivity index (χ4v) is 3.47. The molecule has 2 N–H and O–H groups in total. The molecule has 0 saturated carbocycles. The minimum Gasteiger partial charge on any atom is -0.872 e. The highest BCUT2D eigenvalue weighted by molar-refractivity contribution is 5.93. The van der Waals surface area contributed by atoms with E-state index in [0.717, 1.165) is 13.0 Å². The zero-order valence-electron chi connectivity index (χ0n) is 17.8. The lowest BCUT2D eigenvalue weighted by Crippen LogP contribution is -3.05. The van der Waals surface area contributed by atoms with Gasteiger partial charge in [-0.05, 0) is 33.9 Å². The van der Waals surface area contributed by atoms with Crippen LogP contribution < -0.4 is 10.0 Å². The van der Waals surface area contributed by atoms with Crippen molar-refractivity contribution in [2.75, 3.05) is 20.6 Å². The van der Waals surface area contributed by atoms with E-state index in [9.17, 15) is 9.90 Å². The molecule has 0 atom stereocenters. The molecule has 31 heavy (non-hydrogen) atoms. The quantitative estimate of drug-likeness (QED) is 0.537. The maximum absolute atomic E-state index is 10.7. The van der Waals surface area contributed by atoms with Crippen molar-refractivity contribution in [3.8, 4) is 5.75 Å². The molecule has 158 valence electrons. The summed E-state index contributed by atoms with van der Waals surface area (Å²) in [6, 6.07) is 22.9. The fraction of sp³-hybridized carbons (Fsp3) is 0.148. The molecule has 0 fully saturated rings. The van der Waals surface area contributed by atoms with E-state index in [1.54, 1.807) is 0 Å². The first-order valence-electron chi connectivity index (χ1n) is 10.3. The molecule has 3 aromatic carbocycles. The molecule has 4 rings (SSSR count). The predicted molar refractivity (Wildman–Crippen MR) is 124 cm³/mol. The van der Waals surface area contributed by atoms with Crippen LogP contribution in [-0.4, -0.2) is 31.7 Å². The topological polar surface area (TPSA) is 64.8 Å². The summed E-state index contributed by atoms with van der Waals surface area (Å²) >= 11 is 0. The standard InChI is InChI=1S/C20H21N.C7H6O3/c1-21(2)15-7-12-20-18-10-5-3-8-16(18)13-14-17-9-4-6-11-19(17)20;8-6-4-2-1-3-5(6)7(9)10/h3-6,8-14H,7,15H2,1-2H3;1-4,8H,(H,9,10). The van der Waals surface area contributed by atoms with Gasteiger partial charge in [-0.2, -0.15) is 0 Å². The summed E-state index contributed by atoms with van der Waals surface area (Å²) in [6.45, 7) is 1.15. The van der Waals surface area contributed by atoms with Crippen LogP contribution >= 0.6 is 0 Å². The van der Waals surface area contributed by atoms with Crippen LogP contribution in [0.3, 0.4) is 0 Å². The van der Waals surface area contributed by atoms with Gasteiger partial charge in [-0.3, -0.25) is 0 Å². The second-order valence-electron chi connectivity index (χ2n) is 7.67. The third-order valence-electron chi connectivity index (χ3n) is 5.05. The average Bonchev–Trinajstić information content (AvgIpc) is 2.92. The van der Waals surface area contributed by atoms with Gasteiger partial charge in [-0.15, -0.1) is 0 Å². The van der Waals surface area contributed by atoms with E-state index in [1.807, 2.05) is 0 Å². The van der Waals surface area contributed by atoms with Crippen LogP contribution in [0, 0.1) is 0 Å². The Bertz CT molecular complexity index is 1060. The molecule has 0 bridgehead atoms. The Kier molecular flexibility index (Phi) is 7.41. The zero-order chi connectivity index (χ0) is 22.2. The Morgan fingerprint density at radius 1 is 0.871 bits per heavy atom. The third kappa shape index (κ3) is 5.71. The molecule has 0 radical (unpaired) electrons. The highest BCUT2D eigenvalue weighted by Crippen LogP contribution is 2.33. The van der Waals surface area contributed by atoms with E-state index in [0.29, 0.717) is 0 Å². The number of rotatable bonds is 4. The van der Waals surface area contributed by atoms with E-state index in [1.165, 1.54) is 57.0 Å². The van der Waals surface area contributed by atoms with Gasteiger partial charge >= 0.3 is 5.97 Å². The molecule has 0 aromatic heterocycles. The molecule has 0 heterocycles. The second kappa shape index (κ2) is 10.4. The maximum Gasteiger partial charge on any atom is 0.335 e. The molecule has 0 amide bonds. The summed E-state index contributed by atoms with van der Waals surface area (Å²) in [5, 5.41) is 19.0. The second-order valence-corrected chi connectivity index (χ2v) is 7.67. The summed E-state index contributed by atoms with van der Waals surface area (Å²) < 4.78 is 0. The van der Waals surface area contributed by atoms with E-state index >= 15 is 0 Å². The normalized spacial score (nSPS) is 11.6. The minimum atomic E-state index is -1.18. The average molecular weight is 414 g/mol. The Morgan fingerprint density at radius 3 is 1.87 bits per heavy atom. The molecule has 0 aliphatic heterocycles. The van der Waals surface area contributed by atoms with Crippen molar-refractivity contribution in [1.29, 1.82) is 0 Å². The van der Waals surface area contributed by atoms with Crippen molar-refractivity contribution in [1.82, 2.24) is 0 Å². The minimum absolute atomic E-state index is 0.178. The fourth-order valence-electron chi connectivity index (χ4n) is 3.47. The van der Waals surface area contributed by atoms with Gasteiger partial charge in [-0.1, -0.05) is 90.7 Å². The van der Waals surface area contributed by atoms with E-state index in [2.05, 4.69) is 80.9 Å². The van der Waals surface area contributed by atoms with E-state index in [4.69, 9.17) is 5.11 Å². The molecule has 4 heteroatoms. The molecular formula is C27H27NO3. The summed E-state index contributed by atoms with van der Waals surface area (Å²) in [4.78, 5) is 11.7. The van der Waals surface area contributed by atoms with E-state index in [-0.39, 0.29) is 5.56 Å². The lowest BCUT2D eigenvalue weighted by atomic mass is 9.93. The molecule has 4 nitrogen and oxygen atoms in total. The van der Waals surface area contributed by atoms with Crippen LogP contribution in [-0.2, 0) is 0 Å². The maximum atomic E-state index is 10.7. The van der Waals surface area contributed by atoms with Gasteiger partial charge < -0.3 is 15.1 Å². The Morgan fingerprint density at radius 2 is 1.39 bits per heavy atom.